The fourth-order valence-corrected chi connectivity index (χ4v) is 2.52. The highest BCUT2D eigenvalue weighted by Crippen LogP contribution is 2.19. The summed E-state index contributed by atoms with van der Waals surface area (Å²) >= 11 is 0. The lowest BCUT2D eigenvalue weighted by Crippen LogP contribution is -2.45. The predicted molar refractivity (Wildman–Crippen MR) is 76.8 cm³/mol. The Balaban J connectivity index is 1.83. The number of carbonyl (C=O) groups excluding carboxylic acids is 2. The Bertz CT molecular complexity index is 458. The van der Waals surface area contributed by atoms with Crippen LogP contribution in [-0.2, 0) is 9.53 Å². The van der Waals surface area contributed by atoms with Gasteiger partial charge in [0.1, 0.15) is 6.26 Å². The Morgan fingerprint density at radius 1 is 1.52 bits per heavy atom. The fourth-order valence-electron chi connectivity index (χ4n) is 2.52. The monoisotopic (exact) mass is 294 g/mol. The molecular formula is C15H22N2O4. The zero-order valence-electron chi connectivity index (χ0n) is 12.3. The first-order valence-corrected chi connectivity index (χ1v) is 7.30. The molecule has 1 N–H and O–H groups in total. The molecule has 2 rings (SSSR count). The molecule has 0 aliphatic carbocycles. The number of nitrogens with one attached hydrogen (secondary N) is 1. The van der Waals surface area contributed by atoms with Crippen molar-refractivity contribution in [3.8, 4) is 0 Å². The molecule has 6 nitrogen and oxygen atoms in total. The van der Waals surface area contributed by atoms with Crippen molar-refractivity contribution in [2.24, 2.45) is 5.92 Å². The SMILES string of the molecule is COCCCNC(=O)C1CCCN(C(=O)c2ccoc2)C1. The van der Waals surface area contributed by atoms with Crippen LogP contribution in [0.3, 0.4) is 0 Å². The van der Waals surface area contributed by atoms with Crippen molar-refractivity contribution in [1.82, 2.24) is 10.2 Å². The number of amides is 2. The van der Waals surface area contributed by atoms with Crippen LogP contribution in [0.1, 0.15) is 29.6 Å². The second-order valence-electron chi connectivity index (χ2n) is 5.24. The maximum absolute atomic E-state index is 12.2. The molecule has 2 amide bonds. The molecular weight excluding hydrogens is 272 g/mol. The van der Waals surface area contributed by atoms with E-state index in [2.05, 4.69) is 5.32 Å². The van der Waals surface area contributed by atoms with Crippen LogP contribution in [0.2, 0.25) is 0 Å². The van der Waals surface area contributed by atoms with E-state index in [4.69, 9.17) is 9.15 Å². The lowest BCUT2D eigenvalue weighted by molar-refractivity contribution is -0.126. The standard InChI is InChI=1S/C15H22N2O4/c1-20-8-3-6-16-14(18)12-4-2-7-17(10-12)15(19)13-5-9-21-11-13/h5,9,11-12H,2-4,6-8,10H2,1H3,(H,16,18). The van der Waals surface area contributed by atoms with Gasteiger partial charge in [-0.05, 0) is 25.3 Å². The number of likely N-dealkylation sites (tertiary alicyclic amines) is 1. The van der Waals surface area contributed by atoms with E-state index in [0.717, 1.165) is 19.3 Å². The maximum atomic E-state index is 12.2. The molecule has 1 aromatic rings. The van der Waals surface area contributed by atoms with Gasteiger partial charge in [-0.2, -0.15) is 0 Å². The summed E-state index contributed by atoms with van der Waals surface area (Å²) in [4.78, 5) is 26.1. The number of furan rings is 1. The largest absolute Gasteiger partial charge is 0.472 e. The van der Waals surface area contributed by atoms with Crippen LogP contribution < -0.4 is 5.32 Å². The Hall–Kier alpha value is -1.82. The van der Waals surface area contributed by atoms with Crippen LogP contribution in [0.25, 0.3) is 0 Å². The van der Waals surface area contributed by atoms with Crippen LogP contribution in [0.15, 0.2) is 23.0 Å². The topological polar surface area (TPSA) is 71.8 Å². The molecule has 0 spiro atoms. The van der Waals surface area contributed by atoms with Crippen LogP contribution in [-0.4, -0.2) is 50.1 Å². The molecule has 1 atom stereocenters. The molecule has 1 aromatic heterocycles. The summed E-state index contributed by atoms with van der Waals surface area (Å²) in [5, 5.41) is 2.91. The van der Waals surface area contributed by atoms with Gasteiger partial charge in [-0.1, -0.05) is 0 Å². The number of hydrogen-bond donors (Lipinski definition) is 1. The number of carbonyl (C=O) groups is 2. The first-order valence-electron chi connectivity index (χ1n) is 7.30. The Kier molecular flexibility index (Phi) is 5.80. The van der Waals surface area contributed by atoms with Crippen LogP contribution in [0.5, 0.6) is 0 Å². The van der Waals surface area contributed by atoms with Crippen molar-refractivity contribution < 1.29 is 18.7 Å². The van der Waals surface area contributed by atoms with E-state index in [9.17, 15) is 9.59 Å². The summed E-state index contributed by atoms with van der Waals surface area (Å²) in [6.07, 6.45) is 5.39. The molecule has 1 aliphatic rings. The molecule has 0 aromatic carbocycles. The zero-order chi connectivity index (χ0) is 15.1. The highest BCUT2D eigenvalue weighted by atomic mass is 16.5. The third-order valence-corrected chi connectivity index (χ3v) is 3.67. The Labute approximate surface area is 124 Å². The molecule has 0 saturated carbocycles. The Morgan fingerprint density at radius 3 is 3.10 bits per heavy atom. The fraction of sp³-hybridized carbons (Fsp3) is 0.600. The summed E-state index contributed by atoms with van der Waals surface area (Å²) < 4.78 is 9.88. The van der Waals surface area contributed by atoms with Crippen molar-refractivity contribution in [3.63, 3.8) is 0 Å². The normalized spacial score (nSPS) is 18.5. The molecule has 1 saturated heterocycles. The number of hydrogen-bond acceptors (Lipinski definition) is 4. The molecule has 1 aliphatic heterocycles. The maximum Gasteiger partial charge on any atom is 0.257 e. The van der Waals surface area contributed by atoms with Crippen molar-refractivity contribution in [2.75, 3.05) is 33.4 Å². The molecule has 6 heteroatoms. The number of nitrogens with zero attached hydrogens (tertiary/aromatic N) is 1. The molecule has 116 valence electrons. The number of methoxy groups -OCH3 is 1. The van der Waals surface area contributed by atoms with Crippen molar-refractivity contribution in [3.05, 3.63) is 24.2 Å². The highest BCUT2D eigenvalue weighted by Gasteiger charge is 2.28. The number of piperidine rings is 1. The van der Waals surface area contributed by atoms with Gasteiger partial charge in [0.25, 0.3) is 5.91 Å². The van der Waals surface area contributed by atoms with E-state index < -0.39 is 0 Å². The molecule has 0 radical (unpaired) electrons. The quantitative estimate of drug-likeness (QED) is 0.802. The molecule has 1 fully saturated rings. The van der Waals surface area contributed by atoms with Gasteiger partial charge in [0, 0.05) is 33.4 Å². The first-order chi connectivity index (χ1) is 10.2. The van der Waals surface area contributed by atoms with E-state index in [1.807, 2.05) is 0 Å². The highest BCUT2D eigenvalue weighted by molar-refractivity contribution is 5.94. The molecule has 0 bridgehead atoms. The molecule has 2 heterocycles. The number of ether oxygens (including phenoxy) is 1. The van der Waals surface area contributed by atoms with Gasteiger partial charge in [-0.25, -0.2) is 0 Å². The minimum atomic E-state index is -0.128. The third-order valence-electron chi connectivity index (χ3n) is 3.67. The summed E-state index contributed by atoms with van der Waals surface area (Å²) in [7, 11) is 1.64. The minimum absolute atomic E-state index is 0.0239. The molecule has 21 heavy (non-hydrogen) atoms. The van der Waals surface area contributed by atoms with Crippen molar-refractivity contribution in [2.45, 2.75) is 19.3 Å². The third kappa shape index (κ3) is 4.32. The van der Waals surface area contributed by atoms with E-state index in [1.54, 1.807) is 18.1 Å². The average molecular weight is 294 g/mol. The van der Waals surface area contributed by atoms with E-state index in [1.165, 1.54) is 12.5 Å². The van der Waals surface area contributed by atoms with Gasteiger partial charge in [0.15, 0.2) is 0 Å². The lowest BCUT2D eigenvalue weighted by Gasteiger charge is -2.31. The second kappa shape index (κ2) is 7.83. The summed E-state index contributed by atoms with van der Waals surface area (Å²) in [6.45, 7) is 2.41. The van der Waals surface area contributed by atoms with Crippen molar-refractivity contribution in [1.29, 1.82) is 0 Å². The van der Waals surface area contributed by atoms with Gasteiger partial charge in [-0.3, -0.25) is 9.59 Å². The van der Waals surface area contributed by atoms with Gasteiger partial charge in [0.2, 0.25) is 5.91 Å². The van der Waals surface area contributed by atoms with E-state index in [0.29, 0.717) is 31.8 Å². The second-order valence-corrected chi connectivity index (χ2v) is 5.24. The van der Waals surface area contributed by atoms with Crippen LogP contribution in [0, 0.1) is 5.92 Å². The van der Waals surface area contributed by atoms with Gasteiger partial charge < -0.3 is 19.4 Å². The predicted octanol–water partition coefficient (Wildman–Crippen LogP) is 1.28. The van der Waals surface area contributed by atoms with E-state index in [-0.39, 0.29) is 17.7 Å². The summed E-state index contributed by atoms with van der Waals surface area (Å²) in [6, 6.07) is 1.65. The average Bonchev–Trinajstić information content (AvgIpc) is 3.05. The molecule has 1 unspecified atom stereocenters. The smallest absolute Gasteiger partial charge is 0.257 e. The van der Waals surface area contributed by atoms with Gasteiger partial charge in [0.05, 0.1) is 17.7 Å². The zero-order valence-corrected chi connectivity index (χ0v) is 12.3. The minimum Gasteiger partial charge on any atom is -0.472 e. The Morgan fingerprint density at radius 2 is 2.38 bits per heavy atom. The first kappa shape index (κ1) is 15.6. The van der Waals surface area contributed by atoms with Gasteiger partial charge in [-0.15, -0.1) is 0 Å². The summed E-state index contributed by atoms with van der Waals surface area (Å²) in [5.41, 5.74) is 0.538. The lowest BCUT2D eigenvalue weighted by atomic mass is 9.96. The van der Waals surface area contributed by atoms with Crippen LogP contribution in [0.4, 0.5) is 0 Å². The van der Waals surface area contributed by atoms with Gasteiger partial charge >= 0.3 is 0 Å². The van der Waals surface area contributed by atoms with Crippen LogP contribution >= 0.6 is 0 Å². The number of rotatable bonds is 6. The van der Waals surface area contributed by atoms with Crippen molar-refractivity contribution >= 4 is 11.8 Å². The summed E-state index contributed by atoms with van der Waals surface area (Å²) in [5.74, 6) is -0.173. The van der Waals surface area contributed by atoms with E-state index >= 15 is 0 Å².